The van der Waals surface area contributed by atoms with Crippen molar-refractivity contribution in [3.05, 3.63) is 47.3 Å². The van der Waals surface area contributed by atoms with Crippen molar-refractivity contribution in [3.8, 4) is 0 Å². The number of aromatic nitrogens is 2. The van der Waals surface area contributed by atoms with Gasteiger partial charge in [0.25, 0.3) is 5.91 Å². The molecule has 7 nitrogen and oxygen atoms in total. The highest BCUT2D eigenvalue weighted by atomic mass is 16.2. The van der Waals surface area contributed by atoms with E-state index >= 15 is 0 Å². The molecule has 1 amide bonds. The Kier molecular flexibility index (Phi) is 4.75. The number of benzene rings is 1. The number of amides is 1. The van der Waals surface area contributed by atoms with Crippen LogP contribution in [0.1, 0.15) is 49.2 Å². The molecule has 1 aromatic carbocycles. The van der Waals surface area contributed by atoms with E-state index in [0.29, 0.717) is 18.7 Å². The molecule has 0 saturated carbocycles. The Morgan fingerprint density at radius 2 is 1.93 bits per heavy atom. The molecule has 1 aromatic heterocycles. The Morgan fingerprint density at radius 3 is 2.57 bits per heavy atom. The molecule has 2 aromatic rings. The molecule has 0 spiro atoms. The van der Waals surface area contributed by atoms with Crippen molar-refractivity contribution < 1.29 is 9.59 Å². The zero-order chi connectivity index (χ0) is 19.8. The average Bonchev–Trinajstić information content (AvgIpc) is 3.40. The molecule has 1 fully saturated rings. The van der Waals surface area contributed by atoms with E-state index in [1.165, 1.54) is 0 Å². The minimum Gasteiger partial charge on any atom is -0.330 e. The summed E-state index contributed by atoms with van der Waals surface area (Å²) in [6.07, 6.45) is 2.21. The van der Waals surface area contributed by atoms with Crippen LogP contribution in [0.4, 0.5) is 5.69 Å². The van der Waals surface area contributed by atoms with E-state index in [9.17, 15) is 9.59 Å². The lowest BCUT2D eigenvalue weighted by Gasteiger charge is -2.25. The van der Waals surface area contributed by atoms with Crippen LogP contribution >= 0.6 is 0 Å². The molecular formula is C21H25N5O2. The van der Waals surface area contributed by atoms with Crippen molar-refractivity contribution in [2.45, 2.75) is 52.1 Å². The van der Waals surface area contributed by atoms with Crippen LogP contribution in [0.2, 0.25) is 0 Å². The van der Waals surface area contributed by atoms with Crippen LogP contribution in [0, 0.1) is 13.8 Å². The van der Waals surface area contributed by atoms with E-state index in [2.05, 4.69) is 15.3 Å². The molecule has 0 radical (unpaired) electrons. The molecule has 7 heteroatoms. The number of nitrogens with one attached hydrogen (secondary N) is 1. The van der Waals surface area contributed by atoms with Crippen molar-refractivity contribution in [2.75, 3.05) is 11.6 Å². The zero-order valence-electron chi connectivity index (χ0n) is 16.5. The van der Waals surface area contributed by atoms with Crippen LogP contribution in [-0.4, -0.2) is 45.1 Å². The molecule has 2 atom stereocenters. The molecular weight excluding hydrogens is 354 g/mol. The molecule has 0 aliphatic carbocycles. The summed E-state index contributed by atoms with van der Waals surface area (Å²) >= 11 is 0. The van der Waals surface area contributed by atoms with Crippen molar-refractivity contribution in [3.63, 3.8) is 0 Å². The van der Waals surface area contributed by atoms with E-state index in [1.807, 2.05) is 49.1 Å². The molecule has 146 valence electrons. The number of carbonyl (C=O) groups is 2. The smallest absolute Gasteiger partial charge is 0.270 e. The largest absolute Gasteiger partial charge is 0.330 e. The van der Waals surface area contributed by atoms with Gasteiger partial charge in [0, 0.05) is 24.2 Å². The van der Waals surface area contributed by atoms with Gasteiger partial charge in [-0.25, -0.2) is 0 Å². The summed E-state index contributed by atoms with van der Waals surface area (Å²) in [5.74, 6) is -0.0675. The molecule has 0 bridgehead atoms. The van der Waals surface area contributed by atoms with E-state index in [4.69, 9.17) is 0 Å². The van der Waals surface area contributed by atoms with Crippen LogP contribution in [0.25, 0.3) is 0 Å². The van der Waals surface area contributed by atoms with Gasteiger partial charge in [0.2, 0.25) is 0 Å². The maximum Gasteiger partial charge on any atom is 0.270 e. The Morgan fingerprint density at radius 1 is 1.18 bits per heavy atom. The molecule has 2 aliphatic heterocycles. The molecule has 2 unspecified atom stereocenters. The third-order valence-corrected chi connectivity index (χ3v) is 5.68. The second kappa shape index (κ2) is 7.22. The van der Waals surface area contributed by atoms with Gasteiger partial charge in [-0.1, -0.05) is 18.2 Å². The molecule has 2 aliphatic rings. The molecule has 1 N–H and O–H groups in total. The van der Waals surface area contributed by atoms with E-state index in [0.717, 1.165) is 35.5 Å². The number of aryl methyl sites for hydroxylation is 2. The number of anilines is 1. The summed E-state index contributed by atoms with van der Waals surface area (Å²) in [6, 6.07) is 9.12. The van der Waals surface area contributed by atoms with E-state index in [1.54, 1.807) is 11.9 Å². The zero-order valence-corrected chi connectivity index (χ0v) is 16.5. The van der Waals surface area contributed by atoms with Crippen molar-refractivity contribution in [2.24, 2.45) is 5.10 Å². The van der Waals surface area contributed by atoms with Crippen LogP contribution in [0.3, 0.4) is 0 Å². The number of hydrogen-bond donors (Lipinski definition) is 1. The number of hydrazone groups is 1. The fraction of sp³-hybridized carbons (Fsp3) is 0.429. The van der Waals surface area contributed by atoms with Crippen LogP contribution in [-0.2, 0) is 9.59 Å². The predicted octanol–water partition coefficient (Wildman–Crippen LogP) is 2.91. The molecule has 4 rings (SSSR count). The fourth-order valence-electron chi connectivity index (χ4n) is 4.30. The lowest BCUT2D eigenvalue weighted by atomic mass is 10.0. The number of aromatic amines is 1. The third-order valence-electron chi connectivity index (χ3n) is 5.68. The number of nitrogens with zero attached hydrogens (tertiary/aromatic N) is 4. The number of para-hydroxylation sites is 1. The first-order valence-electron chi connectivity index (χ1n) is 9.72. The third kappa shape index (κ3) is 3.10. The second-order valence-corrected chi connectivity index (χ2v) is 7.56. The highest BCUT2D eigenvalue weighted by molar-refractivity contribution is 6.40. The van der Waals surface area contributed by atoms with Gasteiger partial charge >= 0.3 is 0 Å². The number of ketones is 1. The SMILES string of the molecule is CC(=O)C1CC(C(=O)N2CCCC2c2c(C)n[nH]c2C)=NN1c1ccccc1. The number of H-pyrrole nitrogens is 1. The summed E-state index contributed by atoms with van der Waals surface area (Å²) in [4.78, 5) is 27.5. The van der Waals surface area contributed by atoms with Gasteiger partial charge in [-0.2, -0.15) is 10.2 Å². The first kappa shape index (κ1) is 18.4. The van der Waals surface area contributed by atoms with Gasteiger partial charge in [-0.15, -0.1) is 0 Å². The number of hydrogen-bond acceptors (Lipinski definition) is 5. The normalized spacial score (nSPS) is 21.9. The first-order valence-corrected chi connectivity index (χ1v) is 9.72. The lowest BCUT2D eigenvalue weighted by molar-refractivity contribution is -0.125. The molecule has 1 saturated heterocycles. The number of carbonyl (C=O) groups excluding carboxylic acids is 2. The predicted molar refractivity (Wildman–Crippen MR) is 107 cm³/mol. The van der Waals surface area contributed by atoms with Crippen molar-refractivity contribution >= 4 is 23.1 Å². The standard InChI is InChI=1S/C21H25N5O2/c1-13-20(14(2)23-22-13)18-10-7-11-25(18)21(28)17-12-19(15(3)27)26(24-17)16-8-5-4-6-9-16/h4-6,8-9,18-19H,7,10-12H2,1-3H3,(H,22,23). The van der Waals surface area contributed by atoms with Gasteiger partial charge in [0.15, 0.2) is 5.78 Å². The van der Waals surface area contributed by atoms with Crippen molar-refractivity contribution in [1.82, 2.24) is 15.1 Å². The van der Waals surface area contributed by atoms with Crippen molar-refractivity contribution in [1.29, 1.82) is 0 Å². The van der Waals surface area contributed by atoms with Gasteiger partial charge < -0.3 is 4.90 Å². The molecule has 3 heterocycles. The summed E-state index contributed by atoms with van der Waals surface area (Å²) in [5, 5.41) is 13.6. The van der Waals surface area contributed by atoms with Gasteiger partial charge in [-0.05, 0) is 45.7 Å². The minimum absolute atomic E-state index is 0.00917. The first-order chi connectivity index (χ1) is 13.5. The maximum atomic E-state index is 13.3. The van der Waals surface area contributed by atoms with Gasteiger partial charge in [0.05, 0.1) is 17.4 Å². The highest BCUT2D eigenvalue weighted by Crippen LogP contribution is 2.36. The van der Waals surface area contributed by atoms with Gasteiger partial charge in [-0.3, -0.25) is 19.7 Å². The van der Waals surface area contributed by atoms with E-state index < -0.39 is 6.04 Å². The number of likely N-dealkylation sites (tertiary alicyclic amines) is 1. The Balaban J connectivity index is 1.63. The van der Waals surface area contributed by atoms with Crippen LogP contribution < -0.4 is 5.01 Å². The Bertz CT molecular complexity index is 914. The van der Waals surface area contributed by atoms with E-state index in [-0.39, 0.29) is 17.7 Å². The Hall–Kier alpha value is -2.96. The minimum atomic E-state index is -0.431. The molecule has 28 heavy (non-hydrogen) atoms. The second-order valence-electron chi connectivity index (χ2n) is 7.56. The quantitative estimate of drug-likeness (QED) is 0.886. The topological polar surface area (TPSA) is 81.7 Å². The summed E-state index contributed by atoms with van der Waals surface area (Å²) in [5.41, 5.74) is 4.32. The summed E-state index contributed by atoms with van der Waals surface area (Å²) in [7, 11) is 0. The lowest BCUT2D eigenvalue weighted by Crippen LogP contribution is -2.37. The van der Waals surface area contributed by atoms with Crippen LogP contribution in [0.15, 0.2) is 35.4 Å². The highest BCUT2D eigenvalue weighted by Gasteiger charge is 2.40. The van der Waals surface area contributed by atoms with Gasteiger partial charge in [0.1, 0.15) is 11.8 Å². The Labute approximate surface area is 164 Å². The maximum absolute atomic E-state index is 13.3. The van der Waals surface area contributed by atoms with Crippen LogP contribution in [0.5, 0.6) is 0 Å². The number of Topliss-reactive ketones (excluding diaryl/α,β-unsaturated/α-hetero) is 1. The summed E-state index contributed by atoms with van der Waals surface area (Å²) in [6.45, 7) is 6.21. The number of rotatable bonds is 4. The monoisotopic (exact) mass is 379 g/mol. The fourth-order valence-corrected chi connectivity index (χ4v) is 4.30. The average molecular weight is 379 g/mol. The summed E-state index contributed by atoms with van der Waals surface area (Å²) < 4.78 is 0.